The molecule has 1 aromatic carbocycles. The van der Waals surface area contributed by atoms with Crippen molar-refractivity contribution in [3.63, 3.8) is 0 Å². The number of carbonyl (C=O) groups is 6. The van der Waals surface area contributed by atoms with Crippen LogP contribution in [0.25, 0.3) is 0 Å². The van der Waals surface area contributed by atoms with Crippen LogP contribution in [0.2, 0.25) is 0 Å². The average molecular weight is 580 g/mol. The molecule has 10 nitrogen and oxygen atoms in total. The number of hydrogen-bond acceptors (Lipinski definition) is 7. The summed E-state index contributed by atoms with van der Waals surface area (Å²) >= 11 is 0. The molecule has 0 saturated carbocycles. The lowest BCUT2D eigenvalue weighted by atomic mass is 9.76. The smallest absolute Gasteiger partial charge is 0.311 e. The largest absolute Gasteiger partial charge is 0.424 e. The second-order valence-corrected chi connectivity index (χ2v) is 12.2. The van der Waals surface area contributed by atoms with Crippen molar-refractivity contribution in [2.24, 2.45) is 17.3 Å². The number of imide groups is 2. The first kappa shape index (κ1) is 32.4. The third-order valence-corrected chi connectivity index (χ3v) is 7.71. The number of nitrogens with one attached hydrogen (secondary N) is 1. The van der Waals surface area contributed by atoms with Crippen LogP contribution in [0.4, 0.5) is 5.69 Å². The molecule has 1 aromatic rings. The molecule has 5 amide bonds. The van der Waals surface area contributed by atoms with Crippen molar-refractivity contribution in [2.45, 2.75) is 73.1 Å². The zero-order valence-electron chi connectivity index (χ0n) is 25.1. The Balaban J connectivity index is 1.64. The standard InChI is InChI=1S/C32H41N3O7/c1-21(18-22(2)32(3,4)5)19-23-10-11-25(42-31(41)9-7-17-35-29(39)14-15-30(35)40)24(20-23)33-26(36)8-6-16-34-27(37)12-13-28(34)38/h10-15,20-22H,6-9,16-19H2,1-5H3,(H,33,36)/t21-,22?/m1/s1. The Labute approximate surface area is 247 Å². The van der Waals surface area contributed by atoms with E-state index in [0.717, 1.165) is 28.2 Å². The number of carbonyl (C=O) groups excluding carboxylic acids is 6. The Morgan fingerprint density at radius 3 is 1.88 bits per heavy atom. The quantitative estimate of drug-likeness (QED) is 0.199. The molecule has 0 radical (unpaired) electrons. The minimum absolute atomic E-state index is 0.0279. The fraction of sp³-hybridized carbons (Fsp3) is 0.500. The molecule has 2 aliphatic heterocycles. The SMILES string of the molecule is CC(C[C@@H](C)Cc1ccc(OC(=O)CCCN2C(=O)C=CC2=O)c(NC(=O)CCCN2C(=O)C=CC2=O)c1)C(C)(C)C. The van der Waals surface area contributed by atoms with Crippen LogP contribution in [0.5, 0.6) is 5.75 Å². The van der Waals surface area contributed by atoms with E-state index in [1.807, 2.05) is 12.1 Å². The zero-order valence-corrected chi connectivity index (χ0v) is 25.1. The highest BCUT2D eigenvalue weighted by Crippen LogP contribution is 2.33. The summed E-state index contributed by atoms with van der Waals surface area (Å²) in [5.74, 6) is -1.43. The summed E-state index contributed by atoms with van der Waals surface area (Å²) < 4.78 is 5.58. The molecule has 42 heavy (non-hydrogen) atoms. The van der Waals surface area contributed by atoms with Gasteiger partial charge >= 0.3 is 5.97 Å². The second kappa shape index (κ2) is 14.2. The lowest BCUT2D eigenvalue weighted by molar-refractivity contribution is -0.139. The van der Waals surface area contributed by atoms with Crippen LogP contribution in [0.15, 0.2) is 42.5 Å². The molecule has 10 heteroatoms. The summed E-state index contributed by atoms with van der Waals surface area (Å²) in [4.78, 5) is 74.6. The van der Waals surface area contributed by atoms with Gasteiger partial charge in [0.2, 0.25) is 5.91 Å². The molecule has 0 fully saturated rings. The molecular formula is C32H41N3O7. The van der Waals surface area contributed by atoms with E-state index in [4.69, 9.17) is 4.74 Å². The van der Waals surface area contributed by atoms with E-state index in [0.29, 0.717) is 17.5 Å². The van der Waals surface area contributed by atoms with Crippen LogP contribution in [0.1, 0.15) is 72.3 Å². The molecule has 3 rings (SSSR count). The van der Waals surface area contributed by atoms with Crippen molar-refractivity contribution in [3.8, 4) is 5.75 Å². The van der Waals surface area contributed by atoms with Crippen LogP contribution >= 0.6 is 0 Å². The normalized spacial score (nSPS) is 16.4. The summed E-state index contributed by atoms with van der Waals surface area (Å²) in [7, 11) is 0. The minimum Gasteiger partial charge on any atom is -0.424 e. The Morgan fingerprint density at radius 1 is 0.833 bits per heavy atom. The van der Waals surface area contributed by atoms with Crippen LogP contribution in [-0.2, 0) is 35.2 Å². The predicted octanol–water partition coefficient (Wildman–Crippen LogP) is 4.19. The summed E-state index contributed by atoms with van der Waals surface area (Å²) in [5.41, 5.74) is 1.53. The maximum Gasteiger partial charge on any atom is 0.311 e. The van der Waals surface area contributed by atoms with Gasteiger partial charge in [0.05, 0.1) is 5.69 Å². The summed E-state index contributed by atoms with van der Waals surface area (Å²) in [6.07, 6.45) is 7.15. The molecule has 2 heterocycles. The average Bonchev–Trinajstić information content (AvgIpc) is 3.39. The lowest BCUT2D eigenvalue weighted by Crippen LogP contribution is -2.31. The number of benzene rings is 1. The Bertz CT molecular complexity index is 1260. The van der Waals surface area contributed by atoms with Gasteiger partial charge in [0, 0.05) is 50.2 Å². The highest BCUT2D eigenvalue weighted by Gasteiger charge is 2.25. The van der Waals surface area contributed by atoms with E-state index in [1.165, 1.54) is 24.3 Å². The Hall–Kier alpha value is -4.08. The first-order valence-electron chi connectivity index (χ1n) is 14.4. The van der Waals surface area contributed by atoms with Gasteiger partial charge in [-0.05, 0) is 60.6 Å². The van der Waals surface area contributed by atoms with Crippen LogP contribution in [0, 0.1) is 17.3 Å². The second-order valence-electron chi connectivity index (χ2n) is 12.2. The maximum atomic E-state index is 12.8. The van der Waals surface area contributed by atoms with Gasteiger partial charge in [-0.1, -0.05) is 40.7 Å². The zero-order chi connectivity index (χ0) is 31.0. The maximum absolute atomic E-state index is 12.8. The van der Waals surface area contributed by atoms with Crippen molar-refractivity contribution < 1.29 is 33.5 Å². The molecule has 0 spiro atoms. The molecule has 0 aliphatic carbocycles. The van der Waals surface area contributed by atoms with Crippen molar-refractivity contribution in [1.82, 2.24) is 9.80 Å². The van der Waals surface area contributed by atoms with E-state index in [2.05, 4.69) is 39.9 Å². The number of ether oxygens (including phenoxy) is 1. The van der Waals surface area contributed by atoms with Gasteiger partial charge in [0.1, 0.15) is 0 Å². The first-order valence-corrected chi connectivity index (χ1v) is 14.4. The fourth-order valence-corrected chi connectivity index (χ4v) is 4.80. The van der Waals surface area contributed by atoms with Crippen molar-refractivity contribution in [3.05, 3.63) is 48.1 Å². The van der Waals surface area contributed by atoms with Gasteiger partial charge in [0.15, 0.2) is 5.75 Å². The predicted molar refractivity (Wildman–Crippen MR) is 157 cm³/mol. The van der Waals surface area contributed by atoms with E-state index in [1.54, 1.807) is 6.07 Å². The molecule has 0 bridgehead atoms. The third-order valence-electron chi connectivity index (χ3n) is 7.71. The topological polar surface area (TPSA) is 130 Å². The highest BCUT2D eigenvalue weighted by atomic mass is 16.5. The van der Waals surface area contributed by atoms with Crippen molar-refractivity contribution in [2.75, 3.05) is 18.4 Å². The number of hydrogen-bond donors (Lipinski definition) is 1. The van der Waals surface area contributed by atoms with Gasteiger partial charge in [-0.25, -0.2) is 0 Å². The summed E-state index contributed by atoms with van der Waals surface area (Å²) in [5, 5.41) is 2.83. The molecule has 2 atom stereocenters. The van der Waals surface area contributed by atoms with Crippen LogP contribution in [0.3, 0.4) is 0 Å². The number of esters is 1. The molecule has 0 saturated heterocycles. The monoisotopic (exact) mass is 579 g/mol. The number of amides is 5. The molecule has 226 valence electrons. The van der Waals surface area contributed by atoms with E-state index in [9.17, 15) is 28.8 Å². The summed E-state index contributed by atoms with van der Waals surface area (Å²) in [6, 6.07) is 5.35. The van der Waals surface area contributed by atoms with Gasteiger partial charge < -0.3 is 10.1 Å². The van der Waals surface area contributed by atoms with Crippen LogP contribution < -0.4 is 10.1 Å². The molecular weight excluding hydrogens is 538 g/mol. The van der Waals surface area contributed by atoms with Crippen molar-refractivity contribution >= 4 is 41.2 Å². The van der Waals surface area contributed by atoms with Gasteiger partial charge in [-0.2, -0.15) is 0 Å². The molecule has 1 unspecified atom stereocenters. The lowest BCUT2D eigenvalue weighted by Gasteiger charge is -2.29. The first-order chi connectivity index (χ1) is 19.7. The van der Waals surface area contributed by atoms with Crippen LogP contribution in [-0.4, -0.2) is 58.4 Å². The Morgan fingerprint density at radius 2 is 1.36 bits per heavy atom. The molecule has 2 aliphatic rings. The molecule has 0 aromatic heterocycles. The van der Waals surface area contributed by atoms with E-state index in [-0.39, 0.29) is 55.8 Å². The highest BCUT2D eigenvalue weighted by molar-refractivity contribution is 6.13. The van der Waals surface area contributed by atoms with Gasteiger partial charge in [-0.3, -0.25) is 38.6 Å². The fourth-order valence-electron chi connectivity index (χ4n) is 4.80. The van der Waals surface area contributed by atoms with E-state index >= 15 is 0 Å². The number of rotatable bonds is 14. The molecule has 1 N–H and O–H groups in total. The number of nitrogens with zero attached hydrogens (tertiary/aromatic N) is 2. The van der Waals surface area contributed by atoms with Gasteiger partial charge in [0.25, 0.3) is 23.6 Å². The number of anilines is 1. The van der Waals surface area contributed by atoms with Gasteiger partial charge in [-0.15, -0.1) is 0 Å². The summed E-state index contributed by atoms with van der Waals surface area (Å²) in [6.45, 7) is 11.3. The van der Waals surface area contributed by atoms with Crippen molar-refractivity contribution in [1.29, 1.82) is 0 Å². The van der Waals surface area contributed by atoms with E-state index < -0.39 is 29.6 Å². The Kier molecular flexibility index (Phi) is 11.0. The third kappa shape index (κ3) is 9.22. The minimum atomic E-state index is -0.559.